The molecule has 0 spiro atoms. The highest BCUT2D eigenvalue weighted by molar-refractivity contribution is 8.04. The molecule has 1 aromatic rings. The van der Waals surface area contributed by atoms with Gasteiger partial charge in [0.05, 0.1) is 30.0 Å². The van der Waals surface area contributed by atoms with Crippen molar-refractivity contribution in [3.63, 3.8) is 0 Å². The van der Waals surface area contributed by atoms with Crippen LogP contribution in [0.15, 0.2) is 23.2 Å². The highest BCUT2D eigenvalue weighted by Gasteiger charge is 2.30. The molecule has 0 bridgehead atoms. The number of carbonyl (C=O) groups is 3. The first-order valence-electron chi connectivity index (χ1n) is 7.76. The van der Waals surface area contributed by atoms with Gasteiger partial charge >= 0.3 is 5.97 Å². The van der Waals surface area contributed by atoms with Crippen LogP contribution in [0, 0.1) is 20.8 Å². The summed E-state index contributed by atoms with van der Waals surface area (Å²) < 4.78 is 4.87. The van der Waals surface area contributed by atoms with E-state index in [2.05, 4.69) is 0 Å². The number of hydrogen-bond donors (Lipinski definition) is 0. The molecule has 1 amide bonds. The number of amides is 1. The fourth-order valence-electron chi connectivity index (χ4n) is 2.47. The number of hydrogen-bond acceptors (Lipinski definition) is 5. The van der Waals surface area contributed by atoms with Gasteiger partial charge in [-0.25, -0.2) is 4.79 Å². The predicted octanol–water partition coefficient (Wildman–Crippen LogP) is 2.77. The van der Waals surface area contributed by atoms with Crippen LogP contribution in [-0.2, 0) is 14.3 Å². The van der Waals surface area contributed by atoms with Gasteiger partial charge in [0, 0.05) is 5.56 Å². The average molecular weight is 347 g/mol. The second-order valence-electron chi connectivity index (χ2n) is 5.68. The van der Waals surface area contributed by atoms with Crippen molar-refractivity contribution in [1.29, 1.82) is 0 Å². The van der Waals surface area contributed by atoms with E-state index in [9.17, 15) is 14.4 Å². The monoisotopic (exact) mass is 347 g/mol. The lowest BCUT2D eigenvalue weighted by Gasteiger charge is -2.17. The highest BCUT2D eigenvalue weighted by Crippen LogP contribution is 2.29. The third kappa shape index (κ3) is 4.06. The quantitative estimate of drug-likeness (QED) is 0.466. The predicted molar refractivity (Wildman–Crippen MR) is 93.9 cm³/mol. The van der Waals surface area contributed by atoms with Crippen molar-refractivity contribution >= 4 is 29.4 Å². The molecule has 0 radical (unpaired) electrons. The van der Waals surface area contributed by atoms with Gasteiger partial charge in [-0.15, -0.1) is 0 Å². The Kier molecular flexibility index (Phi) is 5.83. The van der Waals surface area contributed by atoms with E-state index in [-0.39, 0.29) is 30.6 Å². The first kappa shape index (κ1) is 18.3. The maximum absolute atomic E-state index is 12.6. The van der Waals surface area contributed by atoms with Crippen molar-refractivity contribution in [2.24, 2.45) is 0 Å². The summed E-state index contributed by atoms with van der Waals surface area (Å²) in [6.45, 7) is 7.75. The number of nitrogens with zero attached hydrogens (tertiary/aromatic N) is 1. The number of thioether (sulfide) groups is 1. The molecule has 0 N–H and O–H groups in total. The molecule has 128 valence electrons. The van der Waals surface area contributed by atoms with E-state index < -0.39 is 5.97 Å². The van der Waals surface area contributed by atoms with Gasteiger partial charge in [0.15, 0.2) is 5.78 Å². The Bertz CT molecular complexity index is 724. The number of benzene rings is 1. The van der Waals surface area contributed by atoms with Gasteiger partial charge in [-0.05, 0) is 50.5 Å². The van der Waals surface area contributed by atoms with Gasteiger partial charge in [0.25, 0.3) is 0 Å². The molecule has 6 heteroatoms. The molecule has 1 saturated heterocycles. The largest absolute Gasteiger partial charge is 0.463 e. The molecule has 0 unspecified atom stereocenters. The van der Waals surface area contributed by atoms with Gasteiger partial charge in [-0.2, -0.15) is 0 Å². The second-order valence-corrected chi connectivity index (χ2v) is 6.67. The molecule has 1 heterocycles. The van der Waals surface area contributed by atoms with Crippen LogP contribution in [-0.4, -0.2) is 41.5 Å². The van der Waals surface area contributed by atoms with Crippen molar-refractivity contribution in [2.45, 2.75) is 27.7 Å². The van der Waals surface area contributed by atoms with Gasteiger partial charge in [-0.3, -0.25) is 14.5 Å². The molecule has 5 nitrogen and oxygen atoms in total. The fourth-order valence-corrected chi connectivity index (χ4v) is 3.40. The number of carbonyl (C=O) groups excluding carboxylic acids is 3. The molecule has 0 saturated carbocycles. The lowest BCUT2D eigenvalue weighted by Crippen LogP contribution is -2.31. The van der Waals surface area contributed by atoms with E-state index in [1.807, 2.05) is 32.9 Å². The summed E-state index contributed by atoms with van der Waals surface area (Å²) in [4.78, 5) is 37.7. The Labute approximate surface area is 146 Å². The highest BCUT2D eigenvalue weighted by atomic mass is 32.2. The van der Waals surface area contributed by atoms with E-state index in [4.69, 9.17) is 4.74 Å². The Morgan fingerprint density at radius 1 is 1.21 bits per heavy atom. The van der Waals surface area contributed by atoms with Crippen molar-refractivity contribution in [2.75, 3.05) is 18.9 Å². The van der Waals surface area contributed by atoms with E-state index >= 15 is 0 Å². The first-order valence-corrected chi connectivity index (χ1v) is 8.74. The molecule has 1 aliphatic rings. The summed E-state index contributed by atoms with van der Waals surface area (Å²) in [6.07, 6.45) is 1.28. The molecular weight excluding hydrogens is 326 g/mol. The van der Waals surface area contributed by atoms with Crippen LogP contribution in [0.1, 0.15) is 34.0 Å². The topological polar surface area (TPSA) is 63.7 Å². The maximum Gasteiger partial charge on any atom is 0.333 e. The Morgan fingerprint density at radius 2 is 1.88 bits per heavy atom. The normalized spacial score (nSPS) is 15.9. The zero-order valence-electron chi connectivity index (χ0n) is 14.3. The minimum absolute atomic E-state index is 0.0690. The van der Waals surface area contributed by atoms with Crippen LogP contribution in [0.4, 0.5) is 0 Å². The molecule has 0 aliphatic carbocycles. The molecule has 1 fully saturated rings. The number of Topliss-reactive ketones (excluding diaryl/α,β-unsaturated/α-hetero) is 1. The zero-order chi connectivity index (χ0) is 17.9. The molecule has 0 atom stereocenters. The summed E-state index contributed by atoms with van der Waals surface area (Å²) >= 11 is 1.24. The van der Waals surface area contributed by atoms with E-state index in [1.54, 1.807) is 6.92 Å². The van der Waals surface area contributed by atoms with Crippen LogP contribution in [0.2, 0.25) is 0 Å². The maximum atomic E-state index is 12.6. The fraction of sp³-hybridized carbons (Fsp3) is 0.389. The Balaban J connectivity index is 2.21. The van der Waals surface area contributed by atoms with Crippen molar-refractivity contribution in [3.8, 4) is 0 Å². The summed E-state index contributed by atoms with van der Waals surface area (Å²) in [6, 6.07) is 3.83. The first-order chi connectivity index (χ1) is 11.3. The average Bonchev–Trinajstić information content (AvgIpc) is 2.84. The standard InChI is InChI=1S/C18H21NO4S/c1-5-23-18(22)8-17-19(16(21)10-24-17)9-15(20)14-7-12(3)11(2)6-13(14)4/h6-8H,5,9-10H2,1-4H3/b17-8+. The smallest absolute Gasteiger partial charge is 0.333 e. The number of ether oxygens (including phenoxy) is 1. The molecule has 1 aliphatic heterocycles. The molecule has 0 aromatic heterocycles. The SMILES string of the molecule is CCOC(=O)/C=C1/SCC(=O)N1CC(=O)c1cc(C)c(C)cc1C. The van der Waals surface area contributed by atoms with Crippen LogP contribution >= 0.6 is 11.8 Å². The van der Waals surface area contributed by atoms with Crippen LogP contribution < -0.4 is 0 Å². The van der Waals surface area contributed by atoms with E-state index in [1.165, 1.54) is 22.7 Å². The number of esters is 1. The van der Waals surface area contributed by atoms with Crippen LogP contribution in [0.25, 0.3) is 0 Å². The van der Waals surface area contributed by atoms with Gasteiger partial charge in [0.2, 0.25) is 5.91 Å². The van der Waals surface area contributed by atoms with Crippen molar-refractivity contribution < 1.29 is 19.1 Å². The van der Waals surface area contributed by atoms with Crippen LogP contribution in [0.3, 0.4) is 0 Å². The second kappa shape index (κ2) is 7.66. The summed E-state index contributed by atoms with van der Waals surface area (Å²) in [5, 5.41) is 0.466. The molecule has 1 aromatic carbocycles. The molecular formula is C18H21NO4S. The zero-order valence-corrected chi connectivity index (χ0v) is 15.2. The summed E-state index contributed by atoms with van der Waals surface area (Å²) in [5.74, 6) is -0.592. The number of ketones is 1. The summed E-state index contributed by atoms with van der Waals surface area (Å²) in [5.41, 5.74) is 3.66. The summed E-state index contributed by atoms with van der Waals surface area (Å²) in [7, 11) is 0. The third-order valence-electron chi connectivity index (χ3n) is 3.88. The number of rotatable bonds is 5. The van der Waals surface area contributed by atoms with Gasteiger partial charge in [0.1, 0.15) is 0 Å². The lowest BCUT2D eigenvalue weighted by atomic mass is 9.98. The minimum Gasteiger partial charge on any atom is -0.463 e. The van der Waals surface area contributed by atoms with Gasteiger partial charge < -0.3 is 4.74 Å². The lowest BCUT2D eigenvalue weighted by molar-refractivity contribution is -0.137. The number of aryl methyl sites for hydroxylation is 3. The van der Waals surface area contributed by atoms with E-state index in [0.717, 1.165) is 16.7 Å². The van der Waals surface area contributed by atoms with Crippen molar-refractivity contribution in [3.05, 3.63) is 45.5 Å². The third-order valence-corrected chi connectivity index (χ3v) is 4.91. The van der Waals surface area contributed by atoms with Crippen LogP contribution in [0.5, 0.6) is 0 Å². The van der Waals surface area contributed by atoms with E-state index in [0.29, 0.717) is 10.6 Å². The molecule has 24 heavy (non-hydrogen) atoms. The minimum atomic E-state index is -0.505. The molecule has 2 rings (SSSR count). The van der Waals surface area contributed by atoms with Gasteiger partial charge in [-0.1, -0.05) is 17.8 Å². The Morgan fingerprint density at radius 3 is 2.54 bits per heavy atom. The Hall–Kier alpha value is -2.08. The van der Waals surface area contributed by atoms with Crippen molar-refractivity contribution in [1.82, 2.24) is 4.90 Å².